The van der Waals surface area contributed by atoms with E-state index in [0.717, 1.165) is 34.1 Å². The minimum Gasteiger partial charge on any atom is -0.493 e. The molecule has 1 aromatic carbocycles. The maximum absolute atomic E-state index is 12.3. The zero-order valence-electron chi connectivity index (χ0n) is 18.4. The summed E-state index contributed by atoms with van der Waals surface area (Å²) in [6, 6.07) is 8.13. The fourth-order valence-electron chi connectivity index (χ4n) is 3.88. The minimum atomic E-state index is -0.0124. The first-order valence-corrected chi connectivity index (χ1v) is 10.4. The summed E-state index contributed by atoms with van der Waals surface area (Å²) in [5.41, 5.74) is 5.22. The zero-order chi connectivity index (χ0) is 22.0. The molecule has 0 atom stereocenters. The Kier molecular flexibility index (Phi) is 5.84. The van der Waals surface area contributed by atoms with Crippen molar-refractivity contribution in [2.45, 2.75) is 26.3 Å². The second kappa shape index (κ2) is 8.71. The Morgan fingerprint density at radius 3 is 2.65 bits per heavy atom. The van der Waals surface area contributed by atoms with Gasteiger partial charge in [0, 0.05) is 48.0 Å². The van der Waals surface area contributed by atoms with Crippen LogP contribution in [0.1, 0.15) is 25.8 Å². The first-order chi connectivity index (χ1) is 15.0. The Bertz CT molecular complexity index is 1130. The Morgan fingerprint density at radius 1 is 1.16 bits per heavy atom. The zero-order valence-corrected chi connectivity index (χ0v) is 18.4. The number of methoxy groups -OCH3 is 2. The van der Waals surface area contributed by atoms with Crippen LogP contribution in [0.15, 0.2) is 42.7 Å². The molecule has 162 valence electrons. The smallest absolute Gasteiger partial charge is 0.317 e. The van der Waals surface area contributed by atoms with Gasteiger partial charge in [0.1, 0.15) is 5.65 Å². The van der Waals surface area contributed by atoms with Crippen molar-refractivity contribution in [2.75, 3.05) is 27.3 Å². The summed E-state index contributed by atoms with van der Waals surface area (Å²) in [5, 5.41) is 4.03. The molecule has 0 fully saturated rings. The van der Waals surface area contributed by atoms with E-state index in [2.05, 4.69) is 27.4 Å². The number of pyridine rings is 1. The van der Waals surface area contributed by atoms with Crippen LogP contribution in [0.5, 0.6) is 11.5 Å². The lowest BCUT2D eigenvalue weighted by molar-refractivity contribution is 0.200. The maximum Gasteiger partial charge on any atom is 0.317 e. The molecule has 4 rings (SSSR count). The highest BCUT2D eigenvalue weighted by molar-refractivity contribution is 5.93. The summed E-state index contributed by atoms with van der Waals surface area (Å²) in [6.45, 7) is 5.24. The van der Waals surface area contributed by atoms with Crippen molar-refractivity contribution in [3.63, 3.8) is 0 Å². The number of nitrogens with one attached hydrogen (secondary N) is 2. The fourth-order valence-corrected chi connectivity index (χ4v) is 3.88. The lowest BCUT2D eigenvalue weighted by Crippen LogP contribution is -2.44. The number of H-pyrrole nitrogens is 1. The molecule has 3 heterocycles. The average Bonchev–Trinajstić information content (AvgIpc) is 3.21. The summed E-state index contributed by atoms with van der Waals surface area (Å²) in [7, 11) is 3.26. The number of nitrogens with zero attached hydrogens (tertiary/aromatic N) is 2. The van der Waals surface area contributed by atoms with E-state index >= 15 is 0 Å². The fraction of sp³-hybridized carbons (Fsp3) is 0.333. The number of carbonyl (C=O) groups excluding carboxylic acids is 1. The normalized spacial score (nSPS) is 14.0. The van der Waals surface area contributed by atoms with E-state index in [1.54, 1.807) is 14.2 Å². The lowest BCUT2D eigenvalue weighted by Gasteiger charge is -2.27. The van der Waals surface area contributed by atoms with Crippen LogP contribution in [0, 0.1) is 0 Å². The molecule has 0 unspecified atom stereocenters. The van der Waals surface area contributed by atoms with Crippen molar-refractivity contribution in [1.82, 2.24) is 20.2 Å². The number of carbonyl (C=O) groups is 1. The number of rotatable bonds is 5. The first-order valence-electron chi connectivity index (χ1n) is 10.4. The van der Waals surface area contributed by atoms with Crippen LogP contribution in [-0.2, 0) is 0 Å². The van der Waals surface area contributed by atoms with Gasteiger partial charge in [-0.25, -0.2) is 9.78 Å². The number of hydrogen-bond acceptors (Lipinski definition) is 4. The second-order valence-corrected chi connectivity index (χ2v) is 7.92. The van der Waals surface area contributed by atoms with Gasteiger partial charge in [-0.05, 0) is 49.6 Å². The van der Waals surface area contributed by atoms with Gasteiger partial charge in [-0.1, -0.05) is 12.1 Å². The van der Waals surface area contributed by atoms with Gasteiger partial charge in [0.05, 0.1) is 14.2 Å². The van der Waals surface area contributed by atoms with Gasteiger partial charge in [0.25, 0.3) is 0 Å². The van der Waals surface area contributed by atoms with Gasteiger partial charge >= 0.3 is 6.03 Å². The highest BCUT2D eigenvalue weighted by Gasteiger charge is 2.20. The third-order valence-corrected chi connectivity index (χ3v) is 5.50. The SMILES string of the molecule is COc1ccc(-c2cnc3[nH]cc(C4=CCN(C(=O)NC(C)C)CC4)c3c2)cc1OC. The van der Waals surface area contributed by atoms with Crippen molar-refractivity contribution in [3.05, 3.63) is 48.3 Å². The summed E-state index contributed by atoms with van der Waals surface area (Å²) in [5.74, 6) is 1.38. The number of hydrogen-bond donors (Lipinski definition) is 2. The van der Waals surface area contributed by atoms with Crippen LogP contribution >= 0.6 is 0 Å². The summed E-state index contributed by atoms with van der Waals surface area (Å²) >= 11 is 0. The molecule has 3 aromatic rings. The minimum absolute atomic E-state index is 0.0124. The van der Waals surface area contributed by atoms with Crippen molar-refractivity contribution in [1.29, 1.82) is 0 Å². The third-order valence-electron chi connectivity index (χ3n) is 5.50. The van der Waals surface area contributed by atoms with Crippen LogP contribution in [0.3, 0.4) is 0 Å². The van der Waals surface area contributed by atoms with Crippen LogP contribution in [-0.4, -0.2) is 54.2 Å². The molecule has 1 aliphatic rings. The highest BCUT2D eigenvalue weighted by Crippen LogP contribution is 2.35. The molecule has 2 amide bonds. The number of amides is 2. The van der Waals surface area contributed by atoms with Gasteiger partial charge < -0.3 is 24.7 Å². The number of benzene rings is 1. The molecule has 0 saturated carbocycles. The maximum atomic E-state index is 12.3. The van der Waals surface area contributed by atoms with Crippen molar-refractivity contribution in [2.24, 2.45) is 0 Å². The first kappa shape index (κ1) is 20.8. The molecule has 7 heteroatoms. The van der Waals surface area contributed by atoms with E-state index in [0.29, 0.717) is 24.6 Å². The summed E-state index contributed by atoms with van der Waals surface area (Å²) in [6.07, 6.45) is 6.80. The Labute approximate surface area is 182 Å². The Morgan fingerprint density at radius 2 is 1.97 bits per heavy atom. The van der Waals surface area contributed by atoms with Gasteiger partial charge in [-0.15, -0.1) is 0 Å². The molecule has 1 aliphatic heterocycles. The molecule has 0 spiro atoms. The van der Waals surface area contributed by atoms with Gasteiger partial charge in [0.2, 0.25) is 0 Å². The molecule has 0 radical (unpaired) electrons. The predicted molar refractivity (Wildman–Crippen MR) is 122 cm³/mol. The quantitative estimate of drug-likeness (QED) is 0.639. The molecular weight excluding hydrogens is 392 g/mol. The largest absolute Gasteiger partial charge is 0.493 e. The Balaban J connectivity index is 1.63. The van der Waals surface area contributed by atoms with Crippen LogP contribution < -0.4 is 14.8 Å². The molecule has 7 nitrogen and oxygen atoms in total. The van der Waals surface area contributed by atoms with E-state index in [4.69, 9.17) is 9.47 Å². The number of ether oxygens (including phenoxy) is 2. The number of fused-ring (bicyclic) bond motifs is 1. The van der Waals surface area contributed by atoms with Crippen LogP contribution in [0.4, 0.5) is 4.79 Å². The van der Waals surface area contributed by atoms with Crippen molar-refractivity contribution in [3.8, 4) is 22.6 Å². The van der Waals surface area contributed by atoms with Crippen molar-refractivity contribution < 1.29 is 14.3 Å². The Hall–Kier alpha value is -3.48. The van der Waals surface area contributed by atoms with Gasteiger partial charge in [0.15, 0.2) is 11.5 Å². The second-order valence-electron chi connectivity index (χ2n) is 7.92. The molecule has 0 aliphatic carbocycles. The summed E-state index contributed by atoms with van der Waals surface area (Å²) in [4.78, 5) is 22.0. The van der Waals surface area contributed by atoms with Crippen LogP contribution in [0.25, 0.3) is 27.7 Å². The van der Waals surface area contributed by atoms with E-state index in [-0.39, 0.29) is 12.1 Å². The van der Waals surface area contributed by atoms with E-state index < -0.39 is 0 Å². The molecule has 0 bridgehead atoms. The molecule has 31 heavy (non-hydrogen) atoms. The highest BCUT2D eigenvalue weighted by atomic mass is 16.5. The number of aromatic nitrogens is 2. The van der Waals surface area contributed by atoms with Crippen molar-refractivity contribution >= 4 is 22.6 Å². The predicted octanol–water partition coefficient (Wildman–Crippen LogP) is 4.45. The molecule has 2 N–H and O–H groups in total. The molecular formula is C24H28N4O3. The third kappa shape index (κ3) is 4.21. The van der Waals surface area contributed by atoms with E-state index in [1.807, 2.05) is 49.3 Å². The average molecular weight is 421 g/mol. The van der Waals surface area contributed by atoms with Gasteiger partial charge in [-0.2, -0.15) is 0 Å². The van der Waals surface area contributed by atoms with E-state index in [1.165, 1.54) is 5.57 Å². The molecule has 2 aromatic heterocycles. The molecule has 0 saturated heterocycles. The number of aromatic amines is 1. The summed E-state index contributed by atoms with van der Waals surface area (Å²) < 4.78 is 10.8. The number of urea groups is 1. The van der Waals surface area contributed by atoms with E-state index in [9.17, 15) is 4.79 Å². The monoisotopic (exact) mass is 420 g/mol. The lowest BCUT2D eigenvalue weighted by atomic mass is 9.98. The topological polar surface area (TPSA) is 79.5 Å². The standard InChI is InChI=1S/C24H28N4O3/c1-15(2)27-24(29)28-9-7-16(8-10-28)20-14-26-23-19(20)11-18(13-25-23)17-5-6-21(30-3)22(12-17)31-4/h5-7,11-15H,8-10H2,1-4H3,(H,25,26)(H,27,29). The van der Waals surface area contributed by atoms with Gasteiger partial charge in [-0.3, -0.25) is 0 Å². The van der Waals surface area contributed by atoms with Crippen LogP contribution in [0.2, 0.25) is 0 Å².